The van der Waals surface area contributed by atoms with Crippen LogP contribution < -0.4 is 11.1 Å². The highest BCUT2D eigenvalue weighted by atomic mass is 15.3. The van der Waals surface area contributed by atoms with Gasteiger partial charge in [0.2, 0.25) is 0 Å². The summed E-state index contributed by atoms with van der Waals surface area (Å²) in [5.74, 6) is 2.12. The van der Waals surface area contributed by atoms with Gasteiger partial charge in [-0.3, -0.25) is 0 Å². The SMILES string of the molecule is CCn1cnnc1CNc1cccc(N)n1. The molecule has 0 aliphatic heterocycles. The van der Waals surface area contributed by atoms with Crippen molar-refractivity contribution in [2.24, 2.45) is 0 Å². The van der Waals surface area contributed by atoms with Crippen LogP contribution in [-0.4, -0.2) is 19.7 Å². The molecule has 0 spiro atoms. The number of hydrogen-bond acceptors (Lipinski definition) is 5. The van der Waals surface area contributed by atoms with Crippen molar-refractivity contribution in [3.05, 3.63) is 30.4 Å². The average molecular weight is 218 g/mol. The number of nitrogen functional groups attached to an aromatic ring is 1. The van der Waals surface area contributed by atoms with E-state index >= 15 is 0 Å². The number of nitrogens with one attached hydrogen (secondary N) is 1. The van der Waals surface area contributed by atoms with E-state index in [-0.39, 0.29) is 0 Å². The molecule has 6 heteroatoms. The van der Waals surface area contributed by atoms with Crippen molar-refractivity contribution in [3.8, 4) is 0 Å². The number of aryl methyl sites for hydroxylation is 1. The second kappa shape index (κ2) is 4.61. The molecule has 0 aliphatic rings. The minimum absolute atomic E-state index is 0.502. The maximum Gasteiger partial charge on any atom is 0.152 e. The molecule has 3 N–H and O–H groups in total. The summed E-state index contributed by atoms with van der Waals surface area (Å²) >= 11 is 0. The van der Waals surface area contributed by atoms with Crippen LogP contribution in [0.5, 0.6) is 0 Å². The van der Waals surface area contributed by atoms with Gasteiger partial charge in [0.15, 0.2) is 5.82 Å². The van der Waals surface area contributed by atoms with E-state index in [0.717, 1.165) is 18.2 Å². The number of aromatic nitrogens is 4. The molecule has 0 aliphatic carbocycles. The number of nitrogens with zero attached hydrogens (tertiary/aromatic N) is 4. The van der Waals surface area contributed by atoms with Gasteiger partial charge < -0.3 is 15.6 Å². The van der Waals surface area contributed by atoms with Crippen LogP contribution >= 0.6 is 0 Å². The van der Waals surface area contributed by atoms with Crippen molar-refractivity contribution in [2.75, 3.05) is 11.1 Å². The second-order valence-electron chi connectivity index (χ2n) is 3.33. The van der Waals surface area contributed by atoms with E-state index < -0.39 is 0 Å². The third-order valence-electron chi connectivity index (χ3n) is 2.23. The van der Waals surface area contributed by atoms with Gasteiger partial charge in [0, 0.05) is 6.54 Å². The first-order valence-electron chi connectivity index (χ1n) is 5.12. The zero-order chi connectivity index (χ0) is 11.4. The first-order chi connectivity index (χ1) is 7.79. The summed E-state index contributed by atoms with van der Waals surface area (Å²) in [4.78, 5) is 4.14. The molecule has 2 aromatic rings. The molecular formula is C10H14N6. The molecule has 0 aromatic carbocycles. The molecule has 0 saturated carbocycles. The van der Waals surface area contributed by atoms with E-state index in [1.807, 2.05) is 23.6 Å². The monoisotopic (exact) mass is 218 g/mol. The molecule has 2 heterocycles. The predicted molar refractivity (Wildman–Crippen MR) is 61.7 cm³/mol. The normalized spacial score (nSPS) is 10.3. The maximum atomic E-state index is 5.58. The number of pyridine rings is 1. The smallest absolute Gasteiger partial charge is 0.152 e. The Kier molecular flexibility index (Phi) is 3.00. The molecule has 0 fully saturated rings. The third-order valence-corrected chi connectivity index (χ3v) is 2.23. The van der Waals surface area contributed by atoms with Crippen molar-refractivity contribution in [3.63, 3.8) is 0 Å². The third kappa shape index (κ3) is 2.28. The van der Waals surface area contributed by atoms with Gasteiger partial charge in [-0.25, -0.2) is 4.98 Å². The lowest BCUT2D eigenvalue weighted by Crippen LogP contribution is -2.08. The fourth-order valence-electron chi connectivity index (χ4n) is 1.40. The summed E-state index contributed by atoms with van der Waals surface area (Å²) in [6, 6.07) is 5.47. The van der Waals surface area contributed by atoms with Crippen molar-refractivity contribution in [2.45, 2.75) is 20.0 Å². The number of anilines is 2. The molecule has 2 aromatic heterocycles. The first kappa shape index (κ1) is 10.4. The Morgan fingerprint density at radius 2 is 2.31 bits per heavy atom. The molecule has 84 valence electrons. The Bertz CT molecular complexity index is 464. The highest BCUT2D eigenvalue weighted by molar-refractivity contribution is 5.42. The fraction of sp³-hybridized carbons (Fsp3) is 0.300. The van der Waals surface area contributed by atoms with Crippen LogP contribution in [-0.2, 0) is 13.1 Å². The van der Waals surface area contributed by atoms with Crippen LogP contribution in [0.25, 0.3) is 0 Å². The quantitative estimate of drug-likeness (QED) is 0.796. The van der Waals surface area contributed by atoms with Gasteiger partial charge in [0.05, 0.1) is 6.54 Å². The van der Waals surface area contributed by atoms with Crippen molar-refractivity contribution >= 4 is 11.6 Å². The maximum absolute atomic E-state index is 5.58. The molecule has 6 nitrogen and oxygen atoms in total. The standard InChI is InChI=1S/C10H14N6/c1-2-16-7-13-15-10(16)6-12-9-5-3-4-8(11)14-9/h3-5,7H,2,6H2,1H3,(H3,11,12,14). The average Bonchev–Trinajstić information content (AvgIpc) is 2.74. The minimum atomic E-state index is 0.502. The predicted octanol–water partition coefficient (Wildman–Crippen LogP) is 0.887. The zero-order valence-corrected chi connectivity index (χ0v) is 9.09. The Morgan fingerprint density at radius 3 is 3.06 bits per heavy atom. The molecule has 2 rings (SSSR count). The Morgan fingerprint density at radius 1 is 1.44 bits per heavy atom. The van der Waals surface area contributed by atoms with Crippen molar-refractivity contribution in [1.82, 2.24) is 19.7 Å². The van der Waals surface area contributed by atoms with Crippen LogP contribution in [0, 0.1) is 0 Å². The summed E-state index contributed by atoms with van der Waals surface area (Å²) in [6.07, 6.45) is 1.71. The number of nitrogens with two attached hydrogens (primary N) is 1. The van der Waals surface area contributed by atoms with Gasteiger partial charge in [-0.2, -0.15) is 0 Å². The topological polar surface area (TPSA) is 81.7 Å². The van der Waals surface area contributed by atoms with Gasteiger partial charge in [-0.1, -0.05) is 6.07 Å². The summed E-state index contributed by atoms with van der Waals surface area (Å²) in [6.45, 7) is 3.49. The van der Waals surface area contributed by atoms with Gasteiger partial charge >= 0.3 is 0 Å². The van der Waals surface area contributed by atoms with Gasteiger partial charge in [0.25, 0.3) is 0 Å². The number of hydrogen-bond donors (Lipinski definition) is 2. The van der Waals surface area contributed by atoms with E-state index in [4.69, 9.17) is 5.73 Å². The van der Waals surface area contributed by atoms with Crippen molar-refractivity contribution in [1.29, 1.82) is 0 Å². The van der Waals surface area contributed by atoms with Gasteiger partial charge in [0.1, 0.15) is 18.0 Å². The highest BCUT2D eigenvalue weighted by Crippen LogP contribution is 2.07. The van der Waals surface area contributed by atoms with E-state index in [0.29, 0.717) is 12.4 Å². The molecule has 16 heavy (non-hydrogen) atoms. The molecule has 0 radical (unpaired) electrons. The highest BCUT2D eigenvalue weighted by Gasteiger charge is 2.02. The summed E-state index contributed by atoms with van der Waals surface area (Å²) in [5.41, 5.74) is 5.58. The largest absolute Gasteiger partial charge is 0.384 e. The molecule has 0 amide bonds. The summed E-state index contributed by atoms with van der Waals surface area (Å²) < 4.78 is 1.97. The lowest BCUT2D eigenvalue weighted by atomic mass is 10.4. The molecule has 0 bridgehead atoms. The molecular weight excluding hydrogens is 204 g/mol. The molecule has 0 atom stereocenters. The summed E-state index contributed by atoms with van der Waals surface area (Å²) in [5, 5.41) is 11.0. The van der Waals surface area contributed by atoms with Gasteiger partial charge in [-0.15, -0.1) is 10.2 Å². The van der Waals surface area contributed by atoms with Crippen LogP contribution in [0.1, 0.15) is 12.7 Å². The Balaban J connectivity index is 2.02. The van der Waals surface area contributed by atoms with Crippen LogP contribution in [0.2, 0.25) is 0 Å². The van der Waals surface area contributed by atoms with E-state index in [2.05, 4.69) is 20.5 Å². The summed E-state index contributed by atoms with van der Waals surface area (Å²) in [7, 11) is 0. The Hall–Kier alpha value is -2.11. The van der Waals surface area contributed by atoms with E-state index in [9.17, 15) is 0 Å². The zero-order valence-electron chi connectivity index (χ0n) is 9.09. The Labute approximate surface area is 93.5 Å². The van der Waals surface area contributed by atoms with E-state index in [1.54, 1.807) is 12.4 Å². The van der Waals surface area contributed by atoms with Crippen LogP contribution in [0.3, 0.4) is 0 Å². The van der Waals surface area contributed by atoms with Crippen molar-refractivity contribution < 1.29 is 0 Å². The van der Waals surface area contributed by atoms with E-state index in [1.165, 1.54) is 0 Å². The molecule has 0 saturated heterocycles. The second-order valence-corrected chi connectivity index (χ2v) is 3.33. The van der Waals surface area contributed by atoms with Crippen LogP contribution in [0.4, 0.5) is 11.6 Å². The minimum Gasteiger partial charge on any atom is -0.384 e. The molecule has 0 unspecified atom stereocenters. The lowest BCUT2D eigenvalue weighted by molar-refractivity contribution is 0.707. The first-order valence-corrected chi connectivity index (χ1v) is 5.12. The lowest BCUT2D eigenvalue weighted by Gasteiger charge is -2.06. The van der Waals surface area contributed by atoms with Crippen LogP contribution in [0.15, 0.2) is 24.5 Å². The fourth-order valence-corrected chi connectivity index (χ4v) is 1.40. The van der Waals surface area contributed by atoms with Gasteiger partial charge in [-0.05, 0) is 19.1 Å². The number of rotatable bonds is 4.